The van der Waals surface area contributed by atoms with Crippen LogP contribution < -0.4 is 5.48 Å². The number of hydroxylamine groups is 1. The third kappa shape index (κ3) is 3.33. The predicted octanol–water partition coefficient (Wildman–Crippen LogP) is 2.55. The molecule has 1 aromatic heterocycles. The summed E-state index contributed by atoms with van der Waals surface area (Å²) in [6, 6.07) is 2.08. The first-order valence-corrected chi connectivity index (χ1v) is 5.07. The molecule has 0 bridgehead atoms. The first kappa shape index (κ1) is 9.19. The Bertz CT molecular complexity index is 214. The molecule has 0 spiro atoms. The van der Waals surface area contributed by atoms with Gasteiger partial charge in [-0.25, -0.2) is 0 Å². The molecule has 1 rings (SSSR count). The Hall–Kier alpha value is 0.1000. The van der Waals surface area contributed by atoms with Gasteiger partial charge in [-0.1, -0.05) is 0 Å². The van der Waals surface area contributed by atoms with Crippen LogP contribution in [0, 0.1) is 0 Å². The van der Waals surface area contributed by atoms with E-state index in [0.29, 0.717) is 6.61 Å². The molecule has 0 aromatic carbocycles. The van der Waals surface area contributed by atoms with Crippen LogP contribution in [0.1, 0.15) is 11.8 Å². The van der Waals surface area contributed by atoms with Gasteiger partial charge in [-0.05, 0) is 28.9 Å². The number of hydrogen-bond acceptors (Lipinski definition) is 3. The Morgan fingerprint density at radius 3 is 3.09 bits per heavy atom. The highest BCUT2D eigenvalue weighted by Gasteiger charge is 1.95. The summed E-state index contributed by atoms with van der Waals surface area (Å²) in [5.41, 5.74) is 2.85. The first-order chi connectivity index (χ1) is 5.33. The van der Waals surface area contributed by atoms with Gasteiger partial charge < -0.3 is 4.84 Å². The van der Waals surface area contributed by atoms with Crippen molar-refractivity contribution >= 4 is 27.3 Å². The average Bonchev–Trinajstić information content (AvgIpc) is 2.37. The molecule has 1 N–H and O–H groups in total. The van der Waals surface area contributed by atoms with Gasteiger partial charge in [-0.3, -0.25) is 0 Å². The van der Waals surface area contributed by atoms with Crippen LogP contribution in [0.4, 0.5) is 0 Å². The number of hydrogen-bond donors (Lipinski definition) is 1. The lowest BCUT2D eigenvalue weighted by Crippen LogP contribution is -2.12. The van der Waals surface area contributed by atoms with E-state index in [-0.39, 0.29) is 0 Å². The molecule has 0 aliphatic heterocycles. The van der Waals surface area contributed by atoms with Crippen molar-refractivity contribution in [1.82, 2.24) is 5.48 Å². The maximum atomic E-state index is 4.99. The molecule has 0 fully saturated rings. The van der Waals surface area contributed by atoms with Crippen LogP contribution in [0.2, 0.25) is 0 Å². The van der Waals surface area contributed by atoms with Gasteiger partial charge in [0, 0.05) is 14.7 Å². The maximum Gasteiger partial charge on any atom is 0.0654 e. The lowest BCUT2D eigenvalue weighted by atomic mass is 10.5. The molecule has 0 aliphatic carbocycles. The standard InChI is InChI=1S/C7H10BrNOS/c1-2-10-9-4-7-3-6(8)5-11-7/h3,5,9H,2,4H2,1H3. The smallest absolute Gasteiger partial charge is 0.0654 e. The zero-order chi connectivity index (χ0) is 8.10. The molecule has 11 heavy (non-hydrogen) atoms. The molecule has 0 amide bonds. The zero-order valence-electron chi connectivity index (χ0n) is 6.26. The van der Waals surface area contributed by atoms with Crippen LogP contribution in [0.3, 0.4) is 0 Å². The maximum absolute atomic E-state index is 4.99. The molecule has 62 valence electrons. The van der Waals surface area contributed by atoms with Gasteiger partial charge in [0.05, 0.1) is 13.2 Å². The molecular weight excluding hydrogens is 226 g/mol. The molecule has 4 heteroatoms. The summed E-state index contributed by atoms with van der Waals surface area (Å²) in [6.45, 7) is 3.44. The molecular formula is C7H10BrNOS. The molecule has 2 nitrogen and oxygen atoms in total. The third-order valence-electron chi connectivity index (χ3n) is 1.11. The quantitative estimate of drug-likeness (QED) is 0.640. The highest BCUT2D eigenvalue weighted by atomic mass is 79.9. The number of thiophene rings is 1. The average molecular weight is 236 g/mol. The Balaban J connectivity index is 2.27. The second-order valence-electron chi connectivity index (χ2n) is 1.99. The predicted molar refractivity (Wildman–Crippen MR) is 50.5 cm³/mol. The molecule has 0 atom stereocenters. The number of nitrogens with one attached hydrogen (secondary N) is 1. The van der Waals surface area contributed by atoms with Gasteiger partial charge in [-0.2, -0.15) is 5.48 Å². The van der Waals surface area contributed by atoms with E-state index in [0.717, 1.165) is 11.0 Å². The van der Waals surface area contributed by atoms with E-state index in [1.807, 2.05) is 6.92 Å². The van der Waals surface area contributed by atoms with Gasteiger partial charge in [0.2, 0.25) is 0 Å². The molecule has 0 saturated heterocycles. The Morgan fingerprint density at radius 1 is 1.73 bits per heavy atom. The highest BCUT2D eigenvalue weighted by molar-refractivity contribution is 9.10. The van der Waals surface area contributed by atoms with E-state index in [4.69, 9.17) is 4.84 Å². The molecule has 1 aromatic rings. The van der Waals surface area contributed by atoms with Crippen molar-refractivity contribution in [2.45, 2.75) is 13.5 Å². The fraction of sp³-hybridized carbons (Fsp3) is 0.429. The summed E-state index contributed by atoms with van der Waals surface area (Å²) in [4.78, 5) is 6.26. The normalized spacial score (nSPS) is 10.4. The van der Waals surface area contributed by atoms with Gasteiger partial charge in [0.15, 0.2) is 0 Å². The summed E-state index contributed by atoms with van der Waals surface area (Å²) in [6.07, 6.45) is 0. The lowest BCUT2D eigenvalue weighted by Gasteiger charge is -1.99. The van der Waals surface area contributed by atoms with E-state index in [1.165, 1.54) is 4.88 Å². The fourth-order valence-electron chi connectivity index (χ4n) is 0.671. The molecule has 0 radical (unpaired) electrons. The van der Waals surface area contributed by atoms with Crippen LogP contribution >= 0.6 is 27.3 Å². The minimum Gasteiger partial charge on any atom is -0.302 e. The highest BCUT2D eigenvalue weighted by Crippen LogP contribution is 2.19. The summed E-state index contributed by atoms with van der Waals surface area (Å²) >= 11 is 5.09. The Kier molecular flexibility index (Phi) is 4.07. The molecule has 0 saturated carbocycles. The van der Waals surface area contributed by atoms with Crippen LogP contribution in [0.5, 0.6) is 0 Å². The minimum absolute atomic E-state index is 0.701. The lowest BCUT2D eigenvalue weighted by molar-refractivity contribution is 0.0469. The van der Waals surface area contributed by atoms with Crippen molar-refractivity contribution in [1.29, 1.82) is 0 Å². The fourth-order valence-corrected chi connectivity index (χ4v) is 2.05. The monoisotopic (exact) mass is 235 g/mol. The second-order valence-corrected chi connectivity index (χ2v) is 3.90. The summed E-state index contributed by atoms with van der Waals surface area (Å²) in [7, 11) is 0. The van der Waals surface area contributed by atoms with E-state index in [2.05, 4.69) is 32.9 Å². The summed E-state index contributed by atoms with van der Waals surface area (Å²) < 4.78 is 1.13. The van der Waals surface area contributed by atoms with Gasteiger partial charge in [0.1, 0.15) is 0 Å². The first-order valence-electron chi connectivity index (χ1n) is 3.40. The van der Waals surface area contributed by atoms with Crippen molar-refractivity contribution < 1.29 is 4.84 Å². The van der Waals surface area contributed by atoms with Gasteiger partial charge in [0.25, 0.3) is 0 Å². The zero-order valence-corrected chi connectivity index (χ0v) is 8.67. The van der Waals surface area contributed by atoms with Crippen LogP contribution in [0.25, 0.3) is 0 Å². The summed E-state index contributed by atoms with van der Waals surface area (Å²) in [5, 5.41) is 2.06. The topological polar surface area (TPSA) is 21.3 Å². The number of rotatable bonds is 4. The van der Waals surface area contributed by atoms with Crippen molar-refractivity contribution in [3.8, 4) is 0 Å². The number of halogens is 1. The van der Waals surface area contributed by atoms with E-state index in [1.54, 1.807) is 11.3 Å². The van der Waals surface area contributed by atoms with Crippen molar-refractivity contribution in [2.75, 3.05) is 6.61 Å². The Labute approximate surface area is 78.7 Å². The SMILES string of the molecule is CCONCc1cc(Br)cs1. The Morgan fingerprint density at radius 2 is 2.55 bits per heavy atom. The largest absolute Gasteiger partial charge is 0.302 e. The molecule has 0 aliphatic rings. The van der Waals surface area contributed by atoms with Gasteiger partial charge >= 0.3 is 0 Å². The van der Waals surface area contributed by atoms with Crippen LogP contribution in [-0.2, 0) is 11.4 Å². The minimum atomic E-state index is 0.701. The van der Waals surface area contributed by atoms with Crippen molar-refractivity contribution in [2.24, 2.45) is 0 Å². The molecule has 0 unspecified atom stereocenters. The second kappa shape index (κ2) is 4.87. The van der Waals surface area contributed by atoms with Crippen LogP contribution in [-0.4, -0.2) is 6.61 Å². The van der Waals surface area contributed by atoms with Gasteiger partial charge in [-0.15, -0.1) is 11.3 Å². The van der Waals surface area contributed by atoms with Crippen LogP contribution in [0.15, 0.2) is 15.9 Å². The third-order valence-corrected chi connectivity index (χ3v) is 2.81. The van der Waals surface area contributed by atoms with Crippen molar-refractivity contribution in [3.63, 3.8) is 0 Å². The van der Waals surface area contributed by atoms with E-state index in [9.17, 15) is 0 Å². The molecule has 1 heterocycles. The summed E-state index contributed by atoms with van der Waals surface area (Å²) in [5.74, 6) is 0. The van der Waals surface area contributed by atoms with E-state index < -0.39 is 0 Å². The van der Waals surface area contributed by atoms with Crippen molar-refractivity contribution in [3.05, 3.63) is 20.8 Å². The van der Waals surface area contributed by atoms with E-state index >= 15 is 0 Å².